The van der Waals surface area contributed by atoms with E-state index in [1.165, 1.54) is 6.92 Å². The molecule has 0 saturated carbocycles. The summed E-state index contributed by atoms with van der Waals surface area (Å²) in [6.07, 6.45) is -0.874. The SMILES string of the molecule is CC(=O)OCC1C(c2ccccc2)OC(=O)N1[C@@H](C)c1ccccc1. The summed E-state index contributed by atoms with van der Waals surface area (Å²) in [5.74, 6) is -0.376. The number of nitrogens with zero attached hydrogens (tertiary/aromatic N) is 1. The fourth-order valence-electron chi connectivity index (χ4n) is 3.17. The Bertz CT molecular complexity index is 732. The van der Waals surface area contributed by atoms with E-state index in [1.807, 2.05) is 67.6 Å². The fraction of sp³-hybridized carbons (Fsp3) is 0.300. The molecule has 3 rings (SSSR count). The summed E-state index contributed by atoms with van der Waals surface area (Å²) >= 11 is 0. The van der Waals surface area contributed by atoms with Crippen LogP contribution < -0.4 is 0 Å². The van der Waals surface area contributed by atoms with Crippen molar-refractivity contribution >= 4 is 12.1 Å². The first-order chi connectivity index (χ1) is 12.1. The van der Waals surface area contributed by atoms with Gasteiger partial charge in [-0.3, -0.25) is 9.69 Å². The minimum atomic E-state index is -0.473. The number of hydrogen-bond donors (Lipinski definition) is 0. The van der Waals surface area contributed by atoms with Crippen molar-refractivity contribution < 1.29 is 19.1 Å². The van der Waals surface area contributed by atoms with E-state index in [1.54, 1.807) is 4.90 Å². The van der Waals surface area contributed by atoms with Gasteiger partial charge < -0.3 is 9.47 Å². The van der Waals surface area contributed by atoms with Crippen LogP contribution >= 0.6 is 0 Å². The summed E-state index contributed by atoms with van der Waals surface area (Å²) in [5.41, 5.74) is 1.89. The number of benzene rings is 2. The van der Waals surface area contributed by atoms with Gasteiger partial charge in [0.05, 0.1) is 6.04 Å². The lowest BCUT2D eigenvalue weighted by molar-refractivity contribution is -0.142. The molecule has 1 heterocycles. The largest absolute Gasteiger partial charge is 0.464 e. The van der Waals surface area contributed by atoms with Crippen LogP contribution in [-0.4, -0.2) is 29.6 Å². The molecule has 2 aromatic carbocycles. The average molecular weight is 339 g/mol. The van der Waals surface area contributed by atoms with Gasteiger partial charge in [0.25, 0.3) is 0 Å². The van der Waals surface area contributed by atoms with Crippen LogP contribution in [-0.2, 0) is 14.3 Å². The summed E-state index contributed by atoms with van der Waals surface area (Å²) in [6.45, 7) is 3.41. The molecule has 130 valence electrons. The normalized spacial score (nSPS) is 20.9. The lowest BCUT2D eigenvalue weighted by Crippen LogP contribution is -2.40. The zero-order valence-corrected chi connectivity index (χ0v) is 14.3. The van der Waals surface area contributed by atoms with Crippen LogP contribution in [0.2, 0.25) is 0 Å². The van der Waals surface area contributed by atoms with Crippen molar-refractivity contribution in [3.05, 3.63) is 71.8 Å². The Labute approximate surface area is 147 Å². The van der Waals surface area contributed by atoms with E-state index in [2.05, 4.69) is 0 Å². The molecule has 5 heteroatoms. The standard InChI is InChI=1S/C20H21NO4/c1-14(16-9-5-3-6-10-16)21-18(13-24-15(2)22)19(25-20(21)23)17-11-7-4-8-12-17/h3-12,14,18-19H,13H2,1-2H3/t14-,18?,19?/m0/s1. The van der Waals surface area contributed by atoms with Gasteiger partial charge in [-0.1, -0.05) is 60.7 Å². The maximum Gasteiger partial charge on any atom is 0.411 e. The number of rotatable bonds is 5. The Morgan fingerprint density at radius 1 is 1.12 bits per heavy atom. The first kappa shape index (κ1) is 17.0. The third kappa shape index (κ3) is 3.65. The fourth-order valence-corrected chi connectivity index (χ4v) is 3.17. The molecule has 0 spiro atoms. The maximum atomic E-state index is 12.6. The van der Waals surface area contributed by atoms with E-state index in [0.29, 0.717) is 0 Å². The molecule has 0 aromatic heterocycles. The van der Waals surface area contributed by atoms with Gasteiger partial charge in [0.15, 0.2) is 6.10 Å². The molecule has 3 atom stereocenters. The third-order valence-electron chi connectivity index (χ3n) is 4.43. The van der Waals surface area contributed by atoms with E-state index in [9.17, 15) is 9.59 Å². The summed E-state index contributed by atoms with van der Waals surface area (Å²) in [7, 11) is 0. The second-order valence-electron chi connectivity index (χ2n) is 6.08. The van der Waals surface area contributed by atoms with Crippen LogP contribution in [0, 0.1) is 0 Å². The van der Waals surface area contributed by atoms with E-state index < -0.39 is 12.2 Å². The predicted octanol–water partition coefficient (Wildman–Crippen LogP) is 3.87. The predicted molar refractivity (Wildman–Crippen MR) is 92.8 cm³/mol. The molecule has 0 radical (unpaired) electrons. The zero-order valence-electron chi connectivity index (χ0n) is 14.3. The number of ether oxygens (including phenoxy) is 2. The number of hydrogen-bond acceptors (Lipinski definition) is 4. The molecule has 2 unspecified atom stereocenters. The molecule has 1 aliphatic heterocycles. The van der Waals surface area contributed by atoms with Crippen molar-refractivity contribution in [3.8, 4) is 0 Å². The monoisotopic (exact) mass is 339 g/mol. The van der Waals surface area contributed by atoms with Crippen LogP contribution in [0.25, 0.3) is 0 Å². The van der Waals surface area contributed by atoms with Crippen molar-refractivity contribution in [3.63, 3.8) is 0 Å². The highest BCUT2D eigenvalue weighted by Gasteiger charge is 2.45. The van der Waals surface area contributed by atoms with Gasteiger partial charge in [0, 0.05) is 6.92 Å². The first-order valence-corrected chi connectivity index (χ1v) is 8.30. The minimum absolute atomic E-state index is 0.0950. The quantitative estimate of drug-likeness (QED) is 0.776. The molecule has 0 aliphatic carbocycles. The van der Waals surface area contributed by atoms with Crippen molar-refractivity contribution in [1.82, 2.24) is 4.90 Å². The molecule has 1 fully saturated rings. The lowest BCUT2D eigenvalue weighted by Gasteiger charge is -2.29. The molecular formula is C20H21NO4. The summed E-state index contributed by atoms with van der Waals surface area (Å²) in [5, 5.41) is 0. The molecule has 1 saturated heterocycles. The molecule has 5 nitrogen and oxygen atoms in total. The number of carbonyl (C=O) groups excluding carboxylic acids is 2. The molecule has 2 aromatic rings. The van der Waals surface area contributed by atoms with E-state index in [-0.39, 0.29) is 24.7 Å². The number of carbonyl (C=O) groups is 2. The Balaban J connectivity index is 1.91. The Morgan fingerprint density at radius 3 is 2.32 bits per heavy atom. The van der Waals surface area contributed by atoms with Crippen LogP contribution in [0.3, 0.4) is 0 Å². The Hall–Kier alpha value is -2.82. The van der Waals surface area contributed by atoms with E-state index >= 15 is 0 Å². The molecule has 1 amide bonds. The van der Waals surface area contributed by atoms with Crippen LogP contribution in [0.1, 0.15) is 37.1 Å². The van der Waals surface area contributed by atoms with Gasteiger partial charge in [0.1, 0.15) is 12.6 Å². The third-order valence-corrected chi connectivity index (χ3v) is 4.43. The maximum absolute atomic E-state index is 12.6. The van der Waals surface area contributed by atoms with Crippen LogP contribution in [0.4, 0.5) is 4.79 Å². The van der Waals surface area contributed by atoms with Gasteiger partial charge in [-0.25, -0.2) is 4.79 Å². The van der Waals surface area contributed by atoms with Gasteiger partial charge >= 0.3 is 12.1 Å². The molecular weight excluding hydrogens is 318 g/mol. The molecule has 25 heavy (non-hydrogen) atoms. The first-order valence-electron chi connectivity index (χ1n) is 8.30. The topological polar surface area (TPSA) is 55.8 Å². The molecule has 0 N–H and O–H groups in total. The van der Waals surface area contributed by atoms with Crippen molar-refractivity contribution in [2.75, 3.05) is 6.61 Å². The van der Waals surface area contributed by atoms with Gasteiger partial charge in [-0.2, -0.15) is 0 Å². The smallest absolute Gasteiger partial charge is 0.411 e. The van der Waals surface area contributed by atoms with E-state index in [0.717, 1.165) is 11.1 Å². The summed E-state index contributed by atoms with van der Waals surface area (Å²) < 4.78 is 10.9. The van der Waals surface area contributed by atoms with Gasteiger partial charge in [-0.15, -0.1) is 0 Å². The highest BCUT2D eigenvalue weighted by atomic mass is 16.6. The van der Waals surface area contributed by atoms with Crippen molar-refractivity contribution in [2.24, 2.45) is 0 Å². The van der Waals surface area contributed by atoms with Gasteiger partial charge in [-0.05, 0) is 18.1 Å². The van der Waals surface area contributed by atoms with Gasteiger partial charge in [0.2, 0.25) is 0 Å². The van der Waals surface area contributed by atoms with Crippen molar-refractivity contribution in [1.29, 1.82) is 0 Å². The Morgan fingerprint density at radius 2 is 1.72 bits per heavy atom. The lowest BCUT2D eigenvalue weighted by atomic mass is 9.99. The highest BCUT2D eigenvalue weighted by molar-refractivity contribution is 5.72. The molecule has 0 bridgehead atoms. The van der Waals surface area contributed by atoms with Crippen LogP contribution in [0.15, 0.2) is 60.7 Å². The second-order valence-corrected chi connectivity index (χ2v) is 6.08. The summed E-state index contributed by atoms with van der Waals surface area (Å²) in [4.78, 5) is 25.6. The number of amides is 1. The minimum Gasteiger partial charge on any atom is -0.464 e. The zero-order chi connectivity index (χ0) is 17.8. The highest BCUT2D eigenvalue weighted by Crippen LogP contribution is 2.38. The number of esters is 1. The Kier molecular flexibility index (Phi) is 5.03. The molecule has 1 aliphatic rings. The number of cyclic esters (lactones) is 1. The van der Waals surface area contributed by atoms with Crippen LogP contribution in [0.5, 0.6) is 0 Å². The second kappa shape index (κ2) is 7.38. The summed E-state index contributed by atoms with van der Waals surface area (Å²) in [6, 6.07) is 18.7. The average Bonchev–Trinajstić information content (AvgIpc) is 2.97. The van der Waals surface area contributed by atoms with Crippen molar-refractivity contribution in [2.45, 2.75) is 32.0 Å². The van der Waals surface area contributed by atoms with E-state index in [4.69, 9.17) is 9.47 Å².